The molecule has 0 aromatic carbocycles. The summed E-state index contributed by atoms with van der Waals surface area (Å²) in [5, 5.41) is 19.1. The second-order valence-electron chi connectivity index (χ2n) is 1.20. The van der Waals surface area contributed by atoms with E-state index >= 15 is 0 Å². The molecule has 0 aliphatic heterocycles. The summed E-state index contributed by atoms with van der Waals surface area (Å²) in [5.41, 5.74) is 3.25. The van der Waals surface area contributed by atoms with Crippen LogP contribution >= 0.6 is 0 Å². The van der Waals surface area contributed by atoms with Crippen molar-refractivity contribution in [3.8, 4) is 0 Å². The van der Waals surface area contributed by atoms with Gasteiger partial charge in [-0.3, -0.25) is 0 Å². The number of quaternary nitrogens is 1. The zero-order chi connectivity index (χ0) is 7.54. The minimum absolute atomic E-state index is 0. The van der Waals surface area contributed by atoms with Gasteiger partial charge in [-0.05, 0) is 0 Å². The van der Waals surface area contributed by atoms with E-state index in [4.69, 9.17) is 10.2 Å². The maximum absolute atomic E-state index is 8.15. The number of aliphatic hydroxyl groups is 2. The SMILES string of the molecule is C[NH3+].OCCNCCO.[Cl-]. The highest BCUT2D eigenvalue weighted by atomic mass is 35.5. The van der Waals surface area contributed by atoms with E-state index in [1.165, 1.54) is 0 Å². The second-order valence-corrected chi connectivity index (χ2v) is 1.20. The molecule has 10 heavy (non-hydrogen) atoms. The van der Waals surface area contributed by atoms with Crippen LogP contribution < -0.4 is 23.5 Å². The molecule has 5 heteroatoms. The molecule has 0 amide bonds. The number of hydrogen-bond acceptors (Lipinski definition) is 3. The highest BCUT2D eigenvalue weighted by Crippen LogP contribution is 1.54. The summed E-state index contributed by atoms with van der Waals surface area (Å²) in [7, 11) is 1.75. The Morgan fingerprint density at radius 2 is 1.40 bits per heavy atom. The third kappa shape index (κ3) is 24.2. The Morgan fingerprint density at radius 3 is 1.60 bits per heavy atom. The minimum atomic E-state index is 0. The molecule has 0 saturated heterocycles. The van der Waals surface area contributed by atoms with Gasteiger partial charge in [-0.2, -0.15) is 0 Å². The van der Waals surface area contributed by atoms with E-state index in [9.17, 15) is 0 Å². The highest BCUT2D eigenvalue weighted by molar-refractivity contribution is 4.39. The summed E-state index contributed by atoms with van der Waals surface area (Å²) in [6.07, 6.45) is 0. The molecular weight excluding hydrogens is 156 g/mol. The third-order valence-electron chi connectivity index (χ3n) is 0.577. The lowest BCUT2D eigenvalue weighted by Gasteiger charge is -1.94. The van der Waals surface area contributed by atoms with Gasteiger partial charge in [0.2, 0.25) is 0 Å². The molecule has 6 N–H and O–H groups in total. The van der Waals surface area contributed by atoms with E-state index in [1.54, 1.807) is 7.05 Å². The van der Waals surface area contributed by atoms with E-state index < -0.39 is 0 Å². The van der Waals surface area contributed by atoms with Gasteiger partial charge >= 0.3 is 0 Å². The summed E-state index contributed by atoms with van der Waals surface area (Å²) in [6, 6.07) is 0. The highest BCUT2D eigenvalue weighted by Gasteiger charge is 1.78. The molecule has 0 aliphatic carbocycles. The van der Waals surface area contributed by atoms with Gasteiger partial charge in [-0.15, -0.1) is 0 Å². The Balaban J connectivity index is -0.000000149. The van der Waals surface area contributed by atoms with Crippen LogP contribution in [-0.4, -0.2) is 43.6 Å². The fourth-order valence-electron chi connectivity index (χ4n) is 0.283. The average molecular weight is 173 g/mol. The van der Waals surface area contributed by atoms with Crippen molar-refractivity contribution in [2.24, 2.45) is 0 Å². The molecule has 0 aromatic rings. The van der Waals surface area contributed by atoms with Crippen molar-refractivity contribution < 1.29 is 28.4 Å². The van der Waals surface area contributed by atoms with Crippen LogP contribution in [0, 0.1) is 0 Å². The number of rotatable bonds is 4. The summed E-state index contributed by atoms with van der Waals surface area (Å²) < 4.78 is 0. The first kappa shape index (κ1) is 16.6. The van der Waals surface area contributed by atoms with E-state index in [-0.39, 0.29) is 25.6 Å². The molecule has 0 aromatic heterocycles. The Morgan fingerprint density at radius 1 is 1.10 bits per heavy atom. The Kier molecular flexibility index (Phi) is 38.1. The third-order valence-corrected chi connectivity index (χ3v) is 0.577. The number of hydrogen-bond donors (Lipinski definition) is 4. The molecule has 0 atom stereocenters. The van der Waals surface area contributed by atoms with Crippen molar-refractivity contribution in [3.63, 3.8) is 0 Å². The number of nitrogens with one attached hydrogen (secondary N) is 1. The number of halogens is 1. The fraction of sp³-hybridized carbons (Fsp3) is 1.00. The van der Waals surface area contributed by atoms with Gasteiger partial charge in [0, 0.05) is 13.1 Å². The van der Waals surface area contributed by atoms with Gasteiger partial charge in [0.15, 0.2) is 0 Å². The predicted octanol–water partition coefficient (Wildman–Crippen LogP) is -5.58. The van der Waals surface area contributed by atoms with Gasteiger partial charge in [-0.25, -0.2) is 0 Å². The molecule has 0 aliphatic rings. The fourth-order valence-corrected chi connectivity index (χ4v) is 0.283. The normalized spacial score (nSPS) is 7.20. The molecular formula is C5H17ClN2O2. The van der Waals surface area contributed by atoms with Crippen molar-refractivity contribution in [3.05, 3.63) is 0 Å². The average Bonchev–Trinajstić information content (AvgIpc) is 1.94. The number of aliphatic hydroxyl groups excluding tert-OH is 2. The van der Waals surface area contributed by atoms with Crippen molar-refractivity contribution in [1.29, 1.82) is 0 Å². The largest absolute Gasteiger partial charge is 1.00 e. The molecule has 4 nitrogen and oxygen atoms in total. The first-order valence-electron chi connectivity index (χ1n) is 3.05. The Bertz CT molecular complexity index is 36.8. The molecule has 0 bridgehead atoms. The molecule has 0 spiro atoms. The quantitative estimate of drug-likeness (QED) is 0.320. The van der Waals surface area contributed by atoms with Crippen LogP contribution in [0.4, 0.5) is 0 Å². The van der Waals surface area contributed by atoms with Crippen molar-refractivity contribution in [1.82, 2.24) is 5.32 Å². The smallest absolute Gasteiger partial charge is 0.0634 e. The van der Waals surface area contributed by atoms with Crippen LogP contribution in [-0.2, 0) is 0 Å². The van der Waals surface area contributed by atoms with Gasteiger partial charge in [-0.1, -0.05) is 0 Å². The van der Waals surface area contributed by atoms with E-state index in [2.05, 4.69) is 11.1 Å². The summed E-state index contributed by atoms with van der Waals surface area (Å²) in [4.78, 5) is 0. The first-order chi connectivity index (χ1) is 4.41. The van der Waals surface area contributed by atoms with Crippen LogP contribution in [0.2, 0.25) is 0 Å². The van der Waals surface area contributed by atoms with E-state index in [0.29, 0.717) is 13.1 Å². The molecule has 0 fully saturated rings. The molecule has 0 rings (SSSR count). The van der Waals surface area contributed by atoms with E-state index in [0.717, 1.165) is 0 Å². The van der Waals surface area contributed by atoms with Crippen LogP contribution in [0.25, 0.3) is 0 Å². The lowest BCUT2D eigenvalue weighted by molar-refractivity contribution is -0.325. The second kappa shape index (κ2) is 22.9. The lowest BCUT2D eigenvalue weighted by Crippen LogP contribution is -3.00. The van der Waals surface area contributed by atoms with Crippen LogP contribution in [0.15, 0.2) is 0 Å². The molecule has 0 unspecified atom stereocenters. The van der Waals surface area contributed by atoms with Gasteiger partial charge < -0.3 is 33.7 Å². The summed E-state index contributed by atoms with van der Waals surface area (Å²) in [6.45, 7) is 1.42. The molecule has 0 saturated carbocycles. The molecule has 0 heterocycles. The Hall–Kier alpha value is 0.130. The molecule has 0 radical (unpaired) electrons. The Labute approximate surface area is 67.8 Å². The van der Waals surface area contributed by atoms with Gasteiger partial charge in [0.05, 0.1) is 20.3 Å². The summed E-state index contributed by atoms with van der Waals surface area (Å²) >= 11 is 0. The standard InChI is InChI=1S/C4H11NO2.CH5N.ClH/c6-3-1-5-2-4-7;1-2;/h5-7H,1-4H2;2H2,1H3;1H. The van der Waals surface area contributed by atoms with Gasteiger partial charge in [0.1, 0.15) is 0 Å². The minimum Gasteiger partial charge on any atom is -1.00 e. The predicted molar refractivity (Wildman–Crippen MR) is 35.9 cm³/mol. The van der Waals surface area contributed by atoms with Crippen LogP contribution in [0.5, 0.6) is 0 Å². The van der Waals surface area contributed by atoms with Gasteiger partial charge in [0.25, 0.3) is 0 Å². The zero-order valence-corrected chi connectivity index (χ0v) is 7.06. The van der Waals surface area contributed by atoms with Crippen LogP contribution in [0.1, 0.15) is 0 Å². The molecule has 66 valence electrons. The summed E-state index contributed by atoms with van der Waals surface area (Å²) in [5.74, 6) is 0. The zero-order valence-electron chi connectivity index (χ0n) is 6.31. The van der Waals surface area contributed by atoms with Crippen molar-refractivity contribution in [2.45, 2.75) is 0 Å². The topological polar surface area (TPSA) is 80.1 Å². The van der Waals surface area contributed by atoms with E-state index in [1.807, 2.05) is 0 Å². The van der Waals surface area contributed by atoms with Crippen molar-refractivity contribution >= 4 is 0 Å². The first-order valence-corrected chi connectivity index (χ1v) is 3.05. The van der Waals surface area contributed by atoms with Crippen molar-refractivity contribution in [2.75, 3.05) is 33.4 Å². The maximum Gasteiger partial charge on any atom is 0.0634 e. The monoisotopic (exact) mass is 172 g/mol. The maximum atomic E-state index is 8.15. The lowest BCUT2D eigenvalue weighted by atomic mass is 10.6. The van der Waals surface area contributed by atoms with Crippen LogP contribution in [0.3, 0.4) is 0 Å².